The van der Waals surface area contributed by atoms with Gasteiger partial charge >= 0.3 is 0 Å². The molecule has 0 spiro atoms. The summed E-state index contributed by atoms with van der Waals surface area (Å²) in [7, 11) is 4.00. The fourth-order valence-electron chi connectivity index (χ4n) is 2.21. The van der Waals surface area contributed by atoms with Gasteiger partial charge in [-0.2, -0.15) is 0 Å². The van der Waals surface area contributed by atoms with E-state index in [-0.39, 0.29) is 5.91 Å². The molecule has 2 rings (SSSR count). The molecule has 0 saturated heterocycles. The molecule has 0 fully saturated rings. The molecule has 0 aliphatic heterocycles. The minimum atomic E-state index is -0.0802. The van der Waals surface area contributed by atoms with Crippen molar-refractivity contribution in [3.8, 4) is 0 Å². The van der Waals surface area contributed by atoms with E-state index in [1.54, 1.807) is 11.0 Å². The highest BCUT2D eigenvalue weighted by Crippen LogP contribution is 2.19. The van der Waals surface area contributed by atoms with Crippen molar-refractivity contribution >= 4 is 23.1 Å². The van der Waals surface area contributed by atoms with Crippen LogP contribution in [0.15, 0.2) is 36.7 Å². The number of amides is 1. The largest absolute Gasteiger partial charge is 0.378 e. The van der Waals surface area contributed by atoms with Gasteiger partial charge < -0.3 is 15.1 Å². The van der Waals surface area contributed by atoms with Crippen LogP contribution in [0.3, 0.4) is 0 Å². The minimum absolute atomic E-state index is 0.0802. The lowest BCUT2D eigenvalue weighted by atomic mass is 10.2. The molecule has 23 heavy (non-hydrogen) atoms. The molecule has 1 amide bonds. The Morgan fingerprint density at radius 2 is 1.74 bits per heavy atom. The zero-order valence-electron chi connectivity index (χ0n) is 14.1. The van der Waals surface area contributed by atoms with Crippen molar-refractivity contribution in [1.29, 1.82) is 0 Å². The third-order valence-electron chi connectivity index (χ3n) is 3.59. The highest BCUT2D eigenvalue weighted by atomic mass is 16.2. The van der Waals surface area contributed by atoms with Crippen molar-refractivity contribution in [3.05, 3.63) is 42.4 Å². The fraction of sp³-hybridized carbons (Fsp3) is 0.353. The van der Waals surface area contributed by atoms with Crippen LogP contribution in [0.25, 0.3) is 0 Å². The summed E-state index contributed by atoms with van der Waals surface area (Å²) in [5, 5.41) is 3.20. The monoisotopic (exact) mass is 313 g/mol. The summed E-state index contributed by atoms with van der Waals surface area (Å²) in [5.74, 6) is 0.525. The molecule has 2 aromatic rings. The molecule has 6 nitrogen and oxygen atoms in total. The maximum atomic E-state index is 12.3. The Morgan fingerprint density at radius 3 is 2.30 bits per heavy atom. The molecule has 6 heteroatoms. The molecule has 0 saturated carbocycles. The van der Waals surface area contributed by atoms with Crippen LogP contribution in [0, 0.1) is 0 Å². The summed E-state index contributed by atoms with van der Waals surface area (Å²) in [6.45, 7) is 5.23. The van der Waals surface area contributed by atoms with E-state index in [4.69, 9.17) is 0 Å². The van der Waals surface area contributed by atoms with Crippen molar-refractivity contribution in [2.75, 3.05) is 37.4 Å². The van der Waals surface area contributed by atoms with Crippen molar-refractivity contribution in [3.63, 3.8) is 0 Å². The second kappa shape index (κ2) is 7.58. The van der Waals surface area contributed by atoms with Gasteiger partial charge in [-0.05, 0) is 38.1 Å². The zero-order chi connectivity index (χ0) is 16.8. The van der Waals surface area contributed by atoms with Crippen LogP contribution in [0.4, 0.5) is 17.2 Å². The van der Waals surface area contributed by atoms with E-state index >= 15 is 0 Å². The van der Waals surface area contributed by atoms with Crippen molar-refractivity contribution < 1.29 is 4.79 Å². The summed E-state index contributed by atoms with van der Waals surface area (Å²) in [6, 6.07) is 9.67. The Balaban J connectivity index is 2.15. The maximum Gasteiger partial charge on any atom is 0.272 e. The predicted octanol–water partition coefficient (Wildman–Crippen LogP) is 2.77. The lowest BCUT2D eigenvalue weighted by Crippen LogP contribution is -2.31. The molecule has 0 radical (unpaired) electrons. The molecule has 0 unspecified atom stereocenters. The standard InChI is InChI=1S/C17H23N5O/c1-5-22(6-2)17(23)15-11-16(19-12-18-15)20-13-7-9-14(10-8-13)21(3)4/h7-12H,5-6H2,1-4H3,(H,18,19,20). The SMILES string of the molecule is CCN(CC)C(=O)c1cc(Nc2ccc(N(C)C)cc2)ncn1. The number of nitrogens with one attached hydrogen (secondary N) is 1. The quantitative estimate of drug-likeness (QED) is 0.888. The van der Waals surface area contributed by atoms with E-state index in [0.29, 0.717) is 24.6 Å². The fourth-order valence-corrected chi connectivity index (χ4v) is 2.21. The zero-order valence-corrected chi connectivity index (χ0v) is 14.1. The topological polar surface area (TPSA) is 61.4 Å². The van der Waals surface area contributed by atoms with Crippen LogP contribution in [-0.2, 0) is 0 Å². The molecule has 0 aliphatic carbocycles. The van der Waals surface area contributed by atoms with Crippen molar-refractivity contribution in [2.45, 2.75) is 13.8 Å². The number of aromatic nitrogens is 2. The maximum absolute atomic E-state index is 12.3. The van der Waals surface area contributed by atoms with E-state index < -0.39 is 0 Å². The van der Waals surface area contributed by atoms with Crippen LogP contribution in [-0.4, -0.2) is 48.0 Å². The number of benzene rings is 1. The van der Waals surface area contributed by atoms with E-state index in [2.05, 4.69) is 15.3 Å². The van der Waals surface area contributed by atoms with Gasteiger partial charge in [-0.3, -0.25) is 4.79 Å². The molecule has 1 heterocycles. The summed E-state index contributed by atoms with van der Waals surface area (Å²) in [6.07, 6.45) is 1.41. The van der Waals surface area contributed by atoms with E-state index in [1.165, 1.54) is 6.33 Å². The van der Waals surface area contributed by atoms with Crippen molar-refractivity contribution in [2.24, 2.45) is 0 Å². The molecule has 1 N–H and O–H groups in total. The number of hydrogen-bond acceptors (Lipinski definition) is 5. The van der Waals surface area contributed by atoms with Gasteiger partial charge in [0.15, 0.2) is 0 Å². The molecular weight excluding hydrogens is 290 g/mol. The van der Waals surface area contributed by atoms with Gasteiger partial charge in [-0.15, -0.1) is 0 Å². The molecule has 122 valence electrons. The number of carbonyl (C=O) groups excluding carboxylic acids is 1. The minimum Gasteiger partial charge on any atom is -0.378 e. The first-order chi connectivity index (χ1) is 11.0. The smallest absolute Gasteiger partial charge is 0.272 e. The Labute approximate surface area is 137 Å². The highest BCUT2D eigenvalue weighted by molar-refractivity contribution is 5.93. The number of rotatable bonds is 6. The first-order valence-corrected chi connectivity index (χ1v) is 7.70. The summed E-state index contributed by atoms with van der Waals surface area (Å²) in [4.78, 5) is 24.4. The molecule has 0 atom stereocenters. The predicted molar refractivity (Wildman–Crippen MR) is 93.3 cm³/mol. The molecule has 1 aromatic carbocycles. The van der Waals surface area contributed by atoms with Gasteiger partial charge in [0.05, 0.1) is 0 Å². The van der Waals surface area contributed by atoms with Gasteiger partial charge in [0.1, 0.15) is 17.8 Å². The lowest BCUT2D eigenvalue weighted by molar-refractivity contribution is 0.0767. The van der Waals surface area contributed by atoms with E-state index in [1.807, 2.05) is 57.1 Å². The van der Waals surface area contributed by atoms with Gasteiger partial charge in [0, 0.05) is 44.6 Å². The molecule has 1 aromatic heterocycles. The highest BCUT2D eigenvalue weighted by Gasteiger charge is 2.14. The number of hydrogen-bond donors (Lipinski definition) is 1. The number of anilines is 3. The first kappa shape index (κ1) is 16.7. The Morgan fingerprint density at radius 1 is 1.09 bits per heavy atom. The van der Waals surface area contributed by atoms with Crippen LogP contribution in [0.2, 0.25) is 0 Å². The molecular formula is C17H23N5O. The van der Waals surface area contributed by atoms with Crippen LogP contribution in [0.5, 0.6) is 0 Å². The van der Waals surface area contributed by atoms with E-state index in [9.17, 15) is 4.79 Å². The summed E-state index contributed by atoms with van der Waals surface area (Å²) >= 11 is 0. The summed E-state index contributed by atoms with van der Waals surface area (Å²) < 4.78 is 0. The van der Waals surface area contributed by atoms with Crippen LogP contribution < -0.4 is 10.2 Å². The second-order valence-electron chi connectivity index (χ2n) is 5.33. The van der Waals surface area contributed by atoms with Gasteiger partial charge in [0.25, 0.3) is 5.91 Å². The van der Waals surface area contributed by atoms with Gasteiger partial charge in [-0.1, -0.05) is 0 Å². The number of nitrogens with zero attached hydrogens (tertiary/aromatic N) is 4. The molecule has 0 aliphatic rings. The van der Waals surface area contributed by atoms with Crippen LogP contribution >= 0.6 is 0 Å². The first-order valence-electron chi connectivity index (χ1n) is 7.70. The van der Waals surface area contributed by atoms with Crippen LogP contribution in [0.1, 0.15) is 24.3 Å². The summed E-state index contributed by atoms with van der Waals surface area (Å²) in [5.41, 5.74) is 2.43. The Kier molecular flexibility index (Phi) is 5.51. The third kappa shape index (κ3) is 4.18. The van der Waals surface area contributed by atoms with E-state index in [0.717, 1.165) is 11.4 Å². The third-order valence-corrected chi connectivity index (χ3v) is 3.59. The molecule has 0 bridgehead atoms. The lowest BCUT2D eigenvalue weighted by Gasteiger charge is -2.18. The average molecular weight is 313 g/mol. The van der Waals surface area contributed by atoms with Gasteiger partial charge in [-0.25, -0.2) is 9.97 Å². The second-order valence-corrected chi connectivity index (χ2v) is 5.33. The Hall–Kier alpha value is -2.63. The Bertz CT molecular complexity index is 650. The normalized spacial score (nSPS) is 10.3. The number of carbonyl (C=O) groups is 1. The van der Waals surface area contributed by atoms with Gasteiger partial charge in [0.2, 0.25) is 0 Å². The average Bonchev–Trinajstić information content (AvgIpc) is 2.56. The van der Waals surface area contributed by atoms with Crippen molar-refractivity contribution in [1.82, 2.24) is 14.9 Å².